The van der Waals surface area contributed by atoms with E-state index in [0.717, 1.165) is 15.4 Å². The highest BCUT2D eigenvalue weighted by atomic mass is 32.2. The fourth-order valence-corrected chi connectivity index (χ4v) is 3.18. The zero-order valence-electron chi connectivity index (χ0n) is 14.3. The van der Waals surface area contributed by atoms with Gasteiger partial charge >= 0.3 is 16.9 Å². The summed E-state index contributed by atoms with van der Waals surface area (Å²) in [6, 6.07) is 15.8. The van der Waals surface area contributed by atoms with Crippen molar-refractivity contribution in [2.24, 2.45) is 0 Å². The highest BCUT2D eigenvalue weighted by Gasteiger charge is 2.18. The molecule has 136 valence electrons. The van der Waals surface area contributed by atoms with E-state index >= 15 is 0 Å². The second kappa shape index (κ2) is 7.88. The average molecular weight is 381 g/mol. The first kappa shape index (κ1) is 18.4. The van der Waals surface area contributed by atoms with Crippen molar-refractivity contribution in [3.8, 4) is 0 Å². The first-order valence-corrected chi connectivity index (χ1v) is 8.78. The lowest BCUT2D eigenvalue weighted by Crippen LogP contribution is -2.25. The van der Waals surface area contributed by atoms with Crippen LogP contribution in [0.2, 0.25) is 0 Å². The third-order valence-corrected chi connectivity index (χ3v) is 4.72. The van der Waals surface area contributed by atoms with E-state index in [2.05, 4.69) is 29.2 Å². The zero-order chi connectivity index (χ0) is 19.4. The summed E-state index contributed by atoms with van der Waals surface area (Å²) in [6.07, 6.45) is 2.94. The van der Waals surface area contributed by atoms with Crippen molar-refractivity contribution in [3.63, 3.8) is 0 Å². The van der Waals surface area contributed by atoms with Gasteiger partial charge in [0, 0.05) is 9.79 Å². The topological polar surface area (TPSA) is 109 Å². The van der Waals surface area contributed by atoms with Crippen LogP contribution in [-0.4, -0.2) is 14.9 Å². The van der Waals surface area contributed by atoms with Crippen LogP contribution in [0.25, 0.3) is 12.2 Å². The Kier molecular flexibility index (Phi) is 5.37. The Morgan fingerprint density at radius 2 is 1.52 bits per heavy atom. The molecule has 7 nitrogen and oxygen atoms in total. The summed E-state index contributed by atoms with van der Waals surface area (Å²) in [4.78, 5) is 39.5. The van der Waals surface area contributed by atoms with Crippen LogP contribution in [0.15, 0.2) is 67.9 Å². The maximum absolute atomic E-state index is 11.6. The van der Waals surface area contributed by atoms with Crippen molar-refractivity contribution in [3.05, 3.63) is 96.3 Å². The molecule has 0 aliphatic heterocycles. The van der Waals surface area contributed by atoms with E-state index in [1.54, 1.807) is 17.8 Å². The van der Waals surface area contributed by atoms with Gasteiger partial charge in [0.2, 0.25) is 0 Å². The number of aromatic amines is 2. The Hall–Kier alpha value is -3.39. The summed E-state index contributed by atoms with van der Waals surface area (Å²) in [5.74, 6) is 0. The number of hydrogen-bond acceptors (Lipinski definition) is 5. The number of H-pyrrole nitrogens is 2. The highest BCUT2D eigenvalue weighted by Crippen LogP contribution is 2.28. The lowest BCUT2D eigenvalue weighted by atomic mass is 10.2. The van der Waals surface area contributed by atoms with E-state index in [1.165, 1.54) is 11.6 Å². The van der Waals surface area contributed by atoms with Crippen LogP contribution in [0, 0.1) is 17.0 Å². The number of aryl methyl sites for hydroxylation is 1. The highest BCUT2D eigenvalue weighted by molar-refractivity contribution is 7.99. The fourth-order valence-electron chi connectivity index (χ4n) is 2.37. The van der Waals surface area contributed by atoms with Gasteiger partial charge in [-0.2, -0.15) is 0 Å². The minimum absolute atomic E-state index is 0.146. The number of hydrogen-bond donors (Lipinski definition) is 2. The molecule has 0 atom stereocenters. The van der Waals surface area contributed by atoms with E-state index in [4.69, 9.17) is 0 Å². The molecular weight excluding hydrogens is 366 g/mol. The largest absolute Gasteiger partial charge is 0.357 e. The Labute approximate surface area is 157 Å². The summed E-state index contributed by atoms with van der Waals surface area (Å²) < 4.78 is 0. The zero-order valence-corrected chi connectivity index (χ0v) is 15.1. The Morgan fingerprint density at radius 1 is 0.926 bits per heavy atom. The molecule has 0 amide bonds. The van der Waals surface area contributed by atoms with Crippen molar-refractivity contribution in [2.45, 2.75) is 16.7 Å². The van der Waals surface area contributed by atoms with E-state index < -0.39 is 21.9 Å². The first-order valence-electron chi connectivity index (χ1n) is 7.96. The van der Waals surface area contributed by atoms with Crippen LogP contribution in [-0.2, 0) is 0 Å². The van der Waals surface area contributed by atoms with Gasteiger partial charge in [-0.15, -0.1) is 0 Å². The van der Waals surface area contributed by atoms with Crippen molar-refractivity contribution in [1.29, 1.82) is 0 Å². The molecule has 0 aliphatic carbocycles. The lowest BCUT2D eigenvalue weighted by molar-refractivity contribution is -0.386. The molecule has 0 fully saturated rings. The molecule has 1 aromatic heterocycles. The Balaban J connectivity index is 1.81. The average Bonchev–Trinajstić information content (AvgIpc) is 2.62. The third-order valence-electron chi connectivity index (χ3n) is 3.71. The number of benzene rings is 2. The van der Waals surface area contributed by atoms with Crippen LogP contribution >= 0.6 is 11.8 Å². The van der Waals surface area contributed by atoms with E-state index in [1.807, 2.05) is 36.2 Å². The number of nitrogens with zero attached hydrogens (tertiary/aromatic N) is 1. The molecule has 0 saturated heterocycles. The Bertz CT molecular complexity index is 1110. The number of nitrogens with one attached hydrogen (secondary N) is 2. The summed E-state index contributed by atoms with van der Waals surface area (Å²) >= 11 is 1.62. The molecule has 3 aromatic rings. The number of aromatic nitrogens is 2. The van der Waals surface area contributed by atoms with Gasteiger partial charge in [-0.05, 0) is 42.8 Å². The standard InChI is InChI=1S/C19H15N3O4S/c1-12-2-7-14(8-3-12)27-15-9-4-13(5-10-15)6-11-16-17(22(25)26)18(23)21-19(24)20-16/h2-11H,1H3,(H2,20,21,23,24). The molecule has 0 spiro atoms. The first-order chi connectivity index (χ1) is 12.9. The fraction of sp³-hybridized carbons (Fsp3) is 0.0526. The SMILES string of the molecule is Cc1ccc(Sc2ccc(C=Cc3[nH]c(=O)[nH]c(=O)c3[N+](=O)[O-])cc2)cc1. The monoisotopic (exact) mass is 381 g/mol. The number of rotatable bonds is 5. The van der Waals surface area contributed by atoms with Crippen molar-refractivity contribution < 1.29 is 4.92 Å². The van der Waals surface area contributed by atoms with Gasteiger partial charge in [-0.25, -0.2) is 4.79 Å². The van der Waals surface area contributed by atoms with Crippen LogP contribution in [0.5, 0.6) is 0 Å². The molecule has 3 rings (SSSR count). The normalized spacial score (nSPS) is 11.0. The minimum Gasteiger partial charge on any atom is -0.301 e. The summed E-state index contributed by atoms with van der Waals surface area (Å²) in [5.41, 5.74) is -0.696. The maximum Gasteiger partial charge on any atom is 0.357 e. The van der Waals surface area contributed by atoms with Crippen molar-refractivity contribution >= 4 is 29.6 Å². The molecule has 0 radical (unpaired) electrons. The second-order valence-corrected chi connectivity index (χ2v) is 6.89. The van der Waals surface area contributed by atoms with Gasteiger partial charge in [0.05, 0.1) is 4.92 Å². The lowest BCUT2D eigenvalue weighted by Gasteiger charge is -2.03. The van der Waals surface area contributed by atoms with Crippen LogP contribution < -0.4 is 11.2 Å². The summed E-state index contributed by atoms with van der Waals surface area (Å²) in [6.45, 7) is 2.04. The van der Waals surface area contributed by atoms with Crippen LogP contribution in [0.1, 0.15) is 16.8 Å². The molecule has 0 saturated carbocycles. The number of nitro groups is 1. The molecule has 1 heterocycles. The molecular formula is C19H15N3O4S. The predicted molar refractivity (Wildman–Crippen MR) is 105 cm³/mol. The van der Waals surface area contributed by atoms with Gasteiger partial charge in [-0.1, -0.05) is 47.7 Å². The van der Waals surface area contributed by atoms with Crippen LogP contribution in [0.4, 0.5) is 5.69 Å². The summed E-state index contributed by atoms with van der Waals surface area (Å²) in [7, 11) is 0. The predicted octanol–water partition coefficient (Wildman–Crippen LogP) is 3.60. The second-order valence-electron chi connectivity index (χ2n) is 5.75. The molecule has 0 unspecified atom stereocenters. The molecule has 2 N–H and O–H groups in total. The Morgan fingerprint density at radius 3 is 2.11 bits per heavy atom. The van der Waals surface area contributed by atoms with E-state index in [9.17, 15) is 19.7 Å². The van der Waals surface area contributed by atoms with Gasteiger partial charge < -0.3 is 4.98 Å². The molecule has 0 bridgehead atoms. The maximum atomic E-state index is 11.6. The minimum atomic E-state index is -1.03. The van der Waals surface area contributed by atoms with Gasteiger partial charge in [0.15, 0.2) is 0 Å². The molecule has 27 heavy (non-hydrogen) atoms. The molecule has 8 heteroatoms. The van der Waals surface area contributed by atoms with E-state index in [0.29, 0.717) is 0 Å². The molecule has 0 aliphatic rings. The van der Waals surface area contributed by atoms with Crippen LogP contribution in [0.3, 0.4) is 0 Å². The van der Waals surface area contributed by atoms with E-state index in [-0.39, 0.29) is 5.69 Å². The summed E-state index contributed by atoms with van der Waals surface area (Å²) in [5, 5.41) is 11.0. The van der Waals surface area contributed by atoms with Gasteiger partial charge in [-0.3, -0.25) is 19.9 Å². The van der Waals surface area contributed by atoms with Gasteiger partial charge in [0.1, 0.15) is 5.69 Å². The van der Waals surface area contributed by atoms with Gasteiger partial charge in [0.25, 0.3) is 0 Å². The van der Waals surface area contributed by atoms with Crippen molar-refractivity contribution in [1.82, 2.24) is 9.97 Å². The third kappa shape index (κ3) is 4.62. The molecule has 2 aromatic carbocycles. The quantitative estimate of drug-likeness (QED) is 0.518. The smallest absolute Gasteiger partial charge is 0.301 e. The van der Waals surface area contributed by atoms with Crippen molar-refractivity contribution in [2.75, 3.05) is 0 Å².